The fourth-order valence-corrected chi connectivity index (χ4v) is 3.66. The highest BCUT2D eigenvalue weighted by molar-refractivity contribution is 7.52. The Labute approximate surface area is 165 Å². The molecule has 156 valence electrons. The smallest absolute Gasteiger partial charge is 0.449 e. The molecule has 0 atom stereocenters. The van der Waals surface area contributed by atoms with Crippen LogP contribution in [0.25, 0.3) is 11.1 Å². The van der Waals surface area contributed by atoms with Crippen molar-refractivity contribution in [2.75, 3.05) is 19.5 Å². The average molecular weight is 427 g/mol. The first-order valence-corrected chi connectivity index (χ1v) is 9.71. The van der Waals surface area contributed by atoms with Gasteiger partial charge in [-0.05, 0) is 5.56 Å². The standard InChI is InChI=1S/C17H18NO10P/c1-9(19)18-13-14(27-16(20)21)11-6-4-10(8-29(24,25-2)26-3)5-7-12(11)15(13)28-17(22)23/h4-7H,8H2,1-3H3,(H,18,19)(H,20,21)(H,22,23). The van der Waals surface area contributed by atoms with Crippen LogP contribution >= 0.6 is 7.60 Å². The minimum atomic E-state index is -3.39. The number of hydrogen-bond donors (Lipinski definition) is 3. The number of carbonyl (C=O) groups excluding carboxylic acids is 1. The third kappa shape index (κ3) is 5.23. The molecule has 0 aromatic rings. The van der Waals surface area contributed by atoms with Crippen LogP contribution in [0.1, 0.15) is 12.5 Å². The Morgan fingerprint density at radius 2 is 1.38 bits per heavy atom. The molecule has 0 fully saturated rings. The predicted molar refractivity (Wildman–Crippen MR) is 100 cm³/mol. The number of rotatable bonds is 7. The van der Waals surface area contributed by atoms with Gasteiger partial charge in [-0.3, -0.25) is 9.36 Å². The molecule has 11 nitrogen and oxygen atoms in total. The summed E-state index contributed by atoms with van der Waals surface area (Å²) in [6.07, 6.45) is -3.46. The summed E-state index contributed by atoms with van der Waals surface area (Å²) in [5.74, 6) is -1.23. The van der Waals surface area contributed by atoms with Crippen LogP contribution in [0.3, 0.4) is 0 Å². The minimum absolute atomic E-state index is 0.0972. The van der Waals surface area contributed by atoms with Crippen LogP contribution in [-0.4, -0.2) is 42.7 Å². The Balaban J connectivity index is 2.71. The zero-order valence-corrected chi connectivity index (χ0v) is 16.5. The van der Waals surface area contributed by atoms with Gasteiger partial charge < -0.3 is 34.1 Å². The van der Waals surface area contributed by atoms with Crippen LogP contribution in [0, 0.1) is 0 Å². The first kappa shape index (κ1) is 22.2. The molecule has 2 rings (SSSR count). The predicted octanol–water partition coefficient (Wildman–Crippen LogP) is 3.85. The molecule has 0 saturated heterocycles. The van der Waals surface area contributed by atoms with Gasteiger partial charge in [-0.1, -0.05) is 24.3 Å². The van der Waals surface area contributed by atoms with Crippen molar-refractivity contribution in [2.24, 2.45) is 0 Å². The van der Waals surface area contributed by atoms with E-state index < -0.39 is 25.8 Å². The zero-order chi connectivity index (χ0) is 21.8. The van der Waals surface area contributed by atoms with Gasteiger partial charge in [0.15, 0.2) is 11.5 Å². The first-order chi connectivity index (χ1) is 13.6. The van der Waals surface area contributed by atoms with Gasteiger partial charge in [-0.2, -0.15) is 0 Å². The largest absolute Gasteiger partial charge is 0.511 e. The number of carbonyl (C=O) groups is 3. The molecule has 2 aliphatic rings. The lowest BCUT2D eigenvalue weighted by molar-refractivity contribution is -0.114. The fourth-order valence-electron chi connectivity index (χ4n) is 2.59. The monoisotopic (exact) mass is 427 g/mol. The SMILES string of the molecule is COP(=O)(Cc1ccc2c(OC(=O)O)c(NC(C)=O)c(OC(=O)O)c-2cc1)OC. The van der Waals surface area contributed by atoms with Gasteiger partial charge in [0.2, 0.25) is 5.91 Å². The summed E-state index contributed by atoms with van der Waals surface area (Å²) in [4.78, 5) is 33.8. The Morgan fingerprint density at radius 3 is 1.72 bits per heavy atom. The molecule has 0 bridgehead atoms. The molecule has 1 amide bonds. The molecule has 0 aliphatic heterocycles. The second-order valence-electron chi connectivity index (χ2n) is 5.65. The van der Waals surface area contributed by atoms with Crippen molar-refractivity contribution in [1.82, 2.24) is 0 Å². The van der Waals surface area contributed by atoms with Gasteiger partial charge in [0.05, 0.1) is 6.16 Å². The highest BCUT2D eigenvalue weighted by atomic mass is 31.2. The van der Waals surface area contributed by atoms with Gasteiger partial charge in [-0.15, -0.1) is 0 Å². The van der Waals surface area contributed by atoms with Crippen LogP contribution < -0.4 is 14.8 Å². The molecular weight excluding hydrogens is 409 g/mol. The fraction of sp³-hybridized carbons (Fsp3) is 0.235. The molecule has 0 radical (unpaired) electrons. The van der Waals surface area contributed by atoms with E-state index in [4.69, 9.17) is 28.7 Å². The summed E-state index contributed by atoms with van der Waals surface area (Å²) < 4.78 is 31.7. The molecule has 2 aliphatic carbocycles. The van der Waals surface area contributed by atoms with Gasteiger partial charge >= 0.3 is 19.9 Å². The summed E-state index contributed by atoms with van der Waals surface area (Å²) in [6.45, 7) is 1.15. The second-order valence-corrected chi connectivity index (χ2v) is 7.92. The molecule has 12 heteroatoms. The topological polar surface area (TPSA) is 158 Å². The van der Waals surface area contributed by atoms with E-state index in [0.717, 1.165) is 6.92 Å². The van der Waals surface area contributed by atoms with Gasteiger partial charge in [0.25, 0.3) is 0 Å². The summed E-state index contributed by atoms with van der Waals surface area (Å²) in [5, 5.41) is 20.4. The van der Waals surface area contributed by atoms with Gasteiger partial charge in [0.1, 0.15) is 5.69 Å². The van der Waals surface area contributed by atoms with E-state index in [1.807, 2.05) is 0 Å². The minimum Gasteiger partial charge on any atom is -0.449 e. The van der Waals surface area contributed by atoms with Crippen molar-refractivity contribution in [2.45, 2.75) is 13.1 Å². The molecule has 0 heterocycles. The number of amides is 1. The number of nitrogens with one attached hydrogen (secondary N) is 1. The number of fused-ring (bicyclic) bond motifs is 1. The number of ether oxygens (including phenoxy) is 2. The molecule has 0 spiro atoms. The third-order valence-electron chi connectivity index (χ3n) is 3.77. The first-order valence-electron chi connectivity index (χ1n) is 7.98. The maximum absolute atomic E-state index is 12.4. The van der Waals surface area contributed by atoms with Gasteiger partial charge in [0, 0.05) is 32.3 Å². The van der Waals surface area contributed by atoms with E-state index in [0.29, 0.717) is 5.56 Å². The van der Waals surface area contributed by atoms with Crippen molar-refractivity contribution in [1.29, 1.82) is 0 Å². The molecule has 29 heavy (non-hydrogen) atoms. The number of anilines is 1. The van der Waals surface area contributed by atoms with Crippen LogP contribution in [0.4, 0.5) is 15.3 Å². The number of hydrogen-bond acceptors (Lipinski definition) is 8. The van der Waals surface area contributed by atoms with Crippen LogP contribution in [-0.2, 0) is 24.6 Å². The van der Waals surface area contributed by atoms with Crippen molar-refractivity contribution in [3.63, 3.8) is 0 Å². The lowest BCUT2D eigenvalue weighted by atomic mass is 10.2. The third-order valence-corrected chi connectivity index (χ3v) is 5.64. The average Bonchev–Trinajstić information content (AvgIpc) is 2.78. The Hall–Kier alpha value is -3.14. The maximum atomic E-state index is 12.4. The van der Waals surface area contributed by atoms with Gasteiger partial charge in [-0.25, -0.2) is 9.59 Å². The molecule has 0 unspecified atom stereocenters. The Morgan fingerprint density at radius 1 is 0.931 bits per heavy atom. The van der Waals surface area contributed by atoms with E-state index in [1.165, 1.54) is 38.5 Å². The maximum Gasteiger partial charge on any atom is 0.511 e. The van der Waals surface area contributed by atoms with Crippen molar-refractivity contribution in [3.8, 4) is 22.6 Å². The quantitative estimate of drug-likeness (QED) is 0.438. The van der Waals surface area contributed by atoms with E-state index >= 15 is 0 Å². The summed E-state index contributed by atoms with van der Waals surface area (Å²) >= 11 is 0. The van der Waals surface area contributed by atoms with E-state index in [1.54, 1.807) is 0 Å². The summed E-state index contributed by atoms with van der Waals surface area (Å²) in [7, 11) is -0.916. The van der Waals surface area contributed by atoms with E-state index in [2.05, 4.69) is 5.32 Å². The Kier molecular flexibility index (Phi) is 6.80. The van der Waals surface area contributed by atoms with Crippen LogP contribution in [0.2, 0.25) is 0 Å². The molecule has 0 saturated carbocycles. The van der Waals surface area contributed by atoms with Crippen molar-refractivity contribution >= 4 is 31.5 Å². The zero-order valence-electron chi connectivity index (χ0n) is 15.6. The molecular formula is C17H18NO10P. The second kappa shape index (κ2) is 8.91. The van der Waals surface area contributed by atoms with Crippen LogP contribution in [0.15, 0.2) is 24.3 Å². The van der Waals surface area contributed by atoms with E-state index in [9.17, 15) is 18.9 Å². The number of carboxylic acid groups (broad SMARTS) is 2. The molecule has 3 N–H and O–H groups in total. The lowest BCUT2D eigenvalue weighted by Crippen LogP contribution is -2.11. The Bertz CT molecular complexity index is 911. The normalized spacial score (nSPS) is 11.1. The van der Waals surface area contributed by atoms with Crippen LogP contribution in [0.5, 0.6) is 11.5 Å². The lowest BCUT2D eigenvalue weighted by Gasteiger charge is -2.12. The highest BCUT2D eigenvalue weighted by Crippen LogP contribution is 2.53. The molecule has 0 aromatic carbocycles. The highest BCUT2D eigenvalue weighted by Gasteiger charge is 2.30. The van der Waals surface area contributed by atoms with Crippen molar-refractivity contribution in [3.05, 3.63) is 29.8 Å². The summed E-state index contributed by atoms with van der Waals surface area (Å²) in [5.41, 5.74) is 0.521. The van der Waals surface area contributed by atoms with E-state index in [-0.39, 0.29) is 34.5 Å². The van der Waals surface area contributed by atoms with Crippen molar-refractivity contribution < 1.29 is 47.7 Å². The molecule has 0 aromatic heterocycles. The summed E-state index contributed by atoms with van der Waals surface area (Å²) in [6, 6.07) is 5.84.